The van der Waals surface area contributed by atoms with Crippen LogP contribution < -0.4 is 5.32 Å². The highest BCUT2D eigenvalue weighted by Gasteiger charge is 2.42. The van der Waals surface area contributed by atoms with Gasteiger partial charge in [0, 0.05) is 15.6 Å². The molecule has 0 unspecified atom stereocenters. The number of sulfonamides is 1. The Morgan fingerprint density at radius 2 is 1.56 bits per heavy atom. The number of carbonyl (C=O) groups is 2. The summed E-state index contributed by atoms with van der Waals surface area (Å²) in [6, 6.07) is 20.7. The Bertz CT molecular complexity index is 1350. The number of nitrogens with zero attached hydrogens (tertiary/aromatic N) is 1. The number of allylic oxidation sites excluding steroid dienone is 1. The quantitative estimate of drug-likeness (QED) is 0.402. The Labute approximate surface area is 193 Å². The Balaban J connectivity index is 1.82. The number of carbonyl (C=O) groups excluding carboxylic acids is 2. The summed E-state index contributed by atoms with van der Waals surface area (Å²) in [6.45, 7) is -0.698. The largest absolute Gasteiger partial charge is 0.505 e. The highest BCUT2D eigenvalue weighted by atomic mass is 79.9. The van der Waals surface area contributed by atoms with Crippen molar-refractivity contribution in [2.75, 3.05) is 11.9 Å². The summed E-state index contributed by atoms with van der Waals surface area (Å²) in [4.78, 5) is 25.8. The van der Waals surface area contributed by atoms with Crippen LogP contribution in [0.25, 0.3) is 5.76 Å². The molecular weight excluding hydrogens is 496 g/mol. The van der Waals surface area contributed by atoms with Crippen LogP contribution in [0, 0.1) is 0 Å². The van der Waals surface area contributed by atoms with Crippen molar-refractivity contribution in [2.45, 2.75) is 4.90 Å². The van der Waals surface area contributed by atoms with E-state index in [1.165, 1.54) is 18.2 Å². The molecule has 7 nitrogen and oxygen atoms in total. The second-order valence-corrected chi connectivity index (χ2v) is 9.61. The van der Waals surface area contributed by atoms with Gasteiger partial charge in [0.1, 0.15) is 12.2 Å². The van der Waals surface area contributed by atoms with Crippen molar-refractivity contribution < 1.29 is 23.1 Å². The molecule has 0 aliphatic carbocycles. The molecule has 0 saturated heterocycles. The summed E-state index contributed by atoms with van der Waals surface area (Å²) in [6.07, 6.45) is 0. The first kappa shape index (κ1) is 21.8. The topological polar surface area (TPSA) is 104 Å². The molecule has 0 spiro atoms. The molecule has 0 radical (unpaired) electrons. The number of para-hydroxylation sites is 1. The smallest absolute Gasteiger partial charge is 0.265 e. The van der Waals surface area contributed by atoms with Crippen LogP contribution >= 0.6 is 15.9 Å². The van der Waals surface area contributed by atoms with Gasteiger partial charge in [-0.05, 0) is 40.2 Å². The van der Waals surface area contributed by atoms with Crippen molar-refractivity contribution in [1.82, 2.24) is 4.31 Å². The van der Waals surface area contributed by atoms with Gasteiger partial charge in [-0.25, -0.2) is 12.7 Å². The summed E-state index contributed by atoms with van der Waals surface area (Å²) >= 11 is 3.32. The number of aliphatic hydroxyl groups excluding tert-OH is 1. The number of aliphatic hydroxyl groups is 1. The van der Waals surface area contributed by atoms with Crippen LogP contribution in [0.4, 0.5) is 5.69 Å². The van der Waals surface area contributed by atoms with Crippen LogP contribution in [0.1, 0.15) is 15.9 Å². The molecule has 0 fully saturated rings. The minimum Gasteiger partial charge on any atom is -0.505 e. The van der Waals surface area contributed by atoms with Gasteiger partial charge in [-0.1, -0.05) is 54.6 Å². The molecular formula is C23H17BrN2O5S. The number of hydrogen-bond acceptors (Lipinski definition) is 5. The minimum atomic E-state index is -4.29. The monoisotopic (exact) mass is 512 g/mol. The maximum atomic E-state index is 13.4. The van der Waals surface area contributed by atoms with Crippen LogP contribution in [0.15, 0.2) is 93.9 Å². The van der Waals surface area contributed by atoms with Crippen molar-refractivity contribution in [3.8, 4) is 0 Å². The van der Waals surface area contributed by atoms with Gasteiger partial charge in [0.15, 0.2) is 5.76 Å². The fourth-order valence-corrected chi connectivity index (χ4v) is 5.37. The number of fused-ring (bicyclic) bond motifs is 1. The van der Waals surface area contributed by atoms with Crippen LogP contribution in [0.2, 0.25) is 0 Å². The van der Waals surface area contributed by atoms with E-state index in [0.717, 1.165) is 0 Å². The number of hydrogen-bond donors (Lipinski definition) is 2. The number of ketones is 1. The summed E-state index contributed by atoms with van der Waals surface area (Å²) < 4.78 is 28.0. The standard InChI is InChI=1S/C23H17BrN2O5S/c24-17-11-5-6-12-18(17)25-20(27)14-26-21(22(28)15-8-2-1-3-9-15)23(29)16-10-4-7-13-19(16)32(26,30)31/h1-13,28H,14H2,(H,25,27). The highest BCUT2D eigenvalue weighted by Crippen LogP contribution is 2.35. The van der Waals surface area contributed by atoms with Crippen LogP contribution in [0.5, 0.6) is 0 Å². The Kier molecular flexibility index (Phi) is 5.86. The molecule has 0 aromatic heterocycles. The van der Waals surface area contributed by atoms with Crippen LogP contribution in [-0.4, -0.2) is 36.1 Å². The fraction of sp³-hybridized carbons (Fsp3) is 0.0435. The van der Waals surface area contributed by atoms with Gasteiger partial charge in [0.2, 0.25) is 11.7 Å². The molecule has 32 heavy (non-hydrogen) atoms. The van der Waals surface area contributed by atoms with Crippen LogP contribution in [0.3, 0.4) is 0 Å². The summed E-state index contributed by atoms with van der Waals surface area (Å²) in [5.41, 5.74) is 0.155. The van der Waals surface area contributed by atoms with Crippen molar-refractivity contribution in [3.63, 3.8) is 0 Å². The van der Waals surface area contributed by atoms with E-state index in [9.17, 15) is 23.1 Å². The third-order valence-corrected chi connectivity index (χ3v) is 7.37. The zero-order chi connectivity index (χ0) is 22.9. The number of amides is 1. The summed E-state index contributed by atoms with van der Waals surface area (Å²) in [5.74, 6) is -1.89. The minimum absolute atomic E-state index is 0.0626. The van der Waals surface area contributed by atoms with E-state index in [1.54, 1.807) is 60.7 Å². The molecule has 1 aliphatic heterocycles. The SMILES string of the molecule is O=C(CN1C(=C(O)c2ccccc2)C(=O)c2ccccc2S1(=O)=O)Nc1ccccc1Br. The second kappa shape index (κ2) is 8.60. The lowest BCUT2D eigenvalue weighted by Gasteiger charge is -2.31. The molecule has 3 aromatic carbocycles. The molecule has 162 valence electrons. The Hall–Kier alpha value is -3.43. The van der Waals surface area contributed by atoms with Gasteiger partial charge < -0.3 is 10.4 Å². The number of nitrogens with one attached hydrogen (secondary N) is 1. The zero-order valence-corrected chi connectivity index (χ0v) is 18.9. The molecule has 3 aromatic rings. The first-order valence-corrected chi connectivity index (χ1v) is 11.7. The molecule has 2 N–H and O–H groups in total. The van der Waals surface area contributed by atoms with Crippen molar-refractivity contribution >= 4 is 49.1 Å². The summed E-state index contributed by atoms with van der Waals surface area (Å²) in [7, 11) is -4.29. The predicted octanol–water partition coefficient (Wildman–Crippen LogP) is 4.20. The molecule has 0 bridgehead atoms. The first-order chi connectivity index (χ1) is 15.3. The molecule has 1 amide bonds. The van der Waals surface area contributed by atoms with Gasteiger partial charge in [-0.2, -0.15) is 0 Å². The first-order valence-electron chi connectivity index (χ1n) is 9.50. The molecule has 1 aliphatic rings. The van der Waals surface area contributed by atoms with Crippen LogP contribution in [-0.2, 0) is 14.8 Å². The van der Waals surface area contributed by atoms with Crippen molar-refractivity contribution in [2.24, 2.45) is 0 Å². The zero-order valence-electron chi connectivity index (χ0n) is 16.5. The molecule has 1 heterocycles. The van der Waals surface area contributed by atoms with Crippen molar-refractivity contribution in [1.29, 1.82) is 0 Å². The average Bonchev–Trinajstić information content (AvgIpc) is 2.79. The summed E-state index contributed by atoms with van der Waals surface area (Å²) in [5, 5.41) is 13.5. The van der Waals surface area contributed by atoms with Gasteiger partial charge >= 0.3 is 0 Å². The number of rotatable bonds is 4. The van der Waals surface area contributed by atoms with Gasteiger partial charge in [0.05, 0.1) is 10.6 Å². The lowest BCUT2D eigenvalue weighted by Crippen LogP contribution is -2.43. The van der Waals surface area contributed by atoms with E-state index >= 15 is 0 Å². The number of halogens is 1. The number of Topliss-reactive ketones (excluding diaryl/α,β-unsaturated/α-hetero) is 1. The van der Waals surface area contributed by atoms with Gasteiger partial charge in [-0.15, -0.1) is 0 Å². The van der Waals surface area contributed by atoms with Gasteiger partial charge in [-0.3, -0.25) is 9.59 Å². The lowest BCUT2D eigenvalue weighted by atomic mass is 10.0. The third-order valence-electron chi connectivity index (χ3n) is 4.87. The Morgan fingerprint density at radius 1 is 0.938 bits per heavy atom. The number of benzene rings is 3. The average molecular weight is 513 g/mol. The third kappa shape index (κ3) is 3.92. The molecule has 9 heteroatoms. The molecule has 0 atom stereocenters. The van der Waals surface area contributed by atoms with E-state index in [-0.39, 0.29) is 16.0 Å². The van der Waals surface area contributed by atoms with Crippen molar-refractivity contribution in [3.05, 3.63) is 100 Å². The Morgan fingerprint density at radius 3 is 2.28 bits per heavy atom. The lowest BCUT2D eigenvalue weighted by molar-refractivity contribution is -0.116. The van der Waals surface area contributed by atoms with E-state index in [4.69, 9.17) is 0 Å². The normalized spacial score (nSPS) is 16.3. The van der Waals surface area contributed by atoms with E-state index in [0.29, 0.717) is 14.5 Å². The van der Waals surface area contributed by atoms with Gasteiger partial charge in [0.25, 0.3) is 10.0 Å². The number of anilines is 1. The van der Waals surface area contributed by atoms with E-state index < -0.39 is 39.7 Å². The fourth-order valence-electron chi connectivity index (χ4n) is 3.36. The molecule has 0 saturated carbocycles. The van der Waals surface area contributed by atoms with E-state index in [1.807, 2.05) is 0 Å². The maximum absolute atomic E-state index is 13.4. The maximum Gasteiger partial charge on any atom is 0.265 e. The van der Waals surface area contributed by atoms with E-state index in [2.05, 4.69) is 21.2 Å². The molecule has 4 rings (SSSR count). The highest BCUT2D eigenvalue weighted by molar-refractivity contribution is 9.10. The predicted molar refractivity (Wildman–Crippen MR) is 123 cm³/mol. The second-order valence-electron chi connectivity index (χ2n) is 6.93.